The van der Waals surface area contributed by atoms with Gasteiger partial charge in [0.25, 0.3) is 0 Å². The molecule has 1 aromatic carbocycles. The molecule has 132 valence electrons. The van der Waals surface area contributed by atoms with Crippen molar-refractivity contribution >= 4 is 41.3 Å². The van der Waals surface area contributed by atoms with E-state index in [0.717, 1.165) is 17.5 Å². The van der Waals surface area contributed by atoms with Crippen LogP contribution in [0.1, 0.15) is 41.8 Å². The van der Waals surface area contributed by atoms with E-state index in [2.05, 4.69) is 72.6 Å². The van der Waals surface area contributed by atoms with E-state index in [-0.39, 0.29) is 29.4 Å². The van der Waals surface area contributed by atoms with E-state index < -0.39 is 0 Å². The number of halogens is 1. The molecule has 24 heavy (non-hydrogen) atoms. The van der Waals surface area contributed by atoms with Gasteiger partial charge in [-0.2, -0.15) is 0 Å². The monoisotopic (exact) mass is 458 g/mol. The number of nitrogens with zero attached hydrogens (tertiary/aromatic N) is 2. The molecular weight excluding hydrogens is 431 g/mol. The van der Waals surface area contributed by atoms with Gasteiger partial charge in [0.05, 0.1) is 6.54 Å². The Morgan fingerprint density at radius 1 is 1.12 bits per heavy atom. The van der Waals surface area contributed by atoms with Crippen LogP contribution in [0.2, 0.25) is 0 Å². The smallest absolute Gasteiger partial charge is 0.191 e. The van der Waals surface area contributed by atoms with E-state index in [4.69, 9.17) is 0 Å². The number of hydrogen-bond donors (Lipinski definition) is 2. The van der Waals surface area contributed by atoms with Gasteiger partial charge < -0.3 is 10.6 Å². The first-order valence-electron chi connectivity index (χ1n) is 7.84. The maximum absolute atomic E-state index is 4.35. The summed E-state index contributed by atoms with van der Waals surface area (Å²) < 4.78 is 0. The quantitative estimate of drug-likeness (QED) is 0.410. The van der Waals surface area contributed by atoms with Crippen molar-refractivity contribution in [1.29, 1.82) is 0 Å². The lowest BCUT2D eigenvalue weighted by Crippen LogP contribution is -2.36. The SMILES string of the molecule is CN=C(NCc1ccc(C(C)(C)C)cc1)NCc1ncc(C)s1.I. The summed E-state index contributed by atoms with van der Waals surface area (Å²) in [5, 5.41) is 7.70. The zero-order valence-electron chi connectivity index (χ0n) is 15.0. The van der Waals surface area contributed by atoms with Gasteiger partial charge in [-0.15, -0.1) is 35.3 Å². The van der Waals surface area contributed by atoms with Gasteiger partial charge in [0, 0.05) is 24.7 Å². The third kappa shape index (κ3) is 6.39. The Balaban J connectivity index is 0.00000288. The van der Waals surface area contributed by atoms with Gasteiger partial charge in [0.1, 0.15) is 5.01 Å². The normalized spacial score (nSPS) is 11.8. The number of aromatic nitrogens is 1. The zero-order valence-corrected chi connectivity index (χ0v) is 18.2. The number of aryl methyl sites for hydroxylation is 1. The molecule has 0 spiro atoms. The molecule has 0 unspecified atom stereocenters. The van der Waals surface area contributed by atoms with Gasteiger partial charge in [-0.25, -0.2) is 4.98 Å². The van der Waals surface area contributed by atoms with Gasteiger partial charge in [-0.3, -0.25) is 4.99 Å². The molecule has 0 saturated heterocycles. The largest absolute Gasteiger partial charge is 0.352 e. The topological polar surface area (TPSA) is 49.3 Å². The van der Waals surface area contributed by atoms with E-state index in [1.54, 1.807) is 18.4 Å². The molecule has 0 bridgehead atoms. The minimum Gasteiger partial charge on any atom is -0.352 e. The lowest BCUT2D eigenvalue weighted by Gasteiger charge is -2.19. The van der Waals surface area contributed by atoms with Crippen LogP contribution >= 0.6 is 35.3 Å². The highest BCUT2D eigenvalue weighted by molar-refractivity contribution is 14.0. The number of rotatable bonds is 4. The van der Waals surface area contributed by atoms with Gasteiger partial charge >= 0.3 is 0 Å². The van der Waals surface area contributed by atoms with Crippen molar-refractivity contribution < 1.29 is 0 Å². The second-order valence-electron chi connectivity index (χ2n) is 6.59. The fourth-order valence-electron chi connectivity index (χ4n) is 2.17. The molecular formula is C18H27IN4S. The molecule has 4 nitrogen and oxygen atoms in total. The van der Waals surface area contributed by atoms with Crippen molar-refractivity contribution in [2.24, 2.45) is 4.99 Å². The number of benzene rings is 1. The summed E-state index contributed by atoms with van der Waals surface area (Å²) in [6.07, 6.45) is 1.90. The zero-order chi connectivity index (χ0) is 16.9. The lowest BCUT2D eigenvalue weighted by molar-refractivity contribution is 0.590. The third-order valence-corrected chi connectivity index (χ3v) is 4.49. The van der Waals surface area contributed by atoms with E-state index in [0.29, 0.717) is 6.54 Å². The number of nitrogens with one attached hydrogen (secondary N) is 2. The van der Waals surface area contributed by atoms with Crippen LogP contribution in [0.5, 0.6) is 0 Å². The molecule has 0 fully saturated rings. The van der Waals surface area contributed by atoms with Crippen molar-refractivity contribution in [3.63, 3.8) is 0 Å². The first-order chi connectivity index (χ1) is 10.9. The van der Waals surface area contributed by atoms with Crippen LogP contribution in [0.4, 0.5) is 0 Å². The van der Waals surface area contributed by atoms with Gasteiger partial charge in [0.15, 0.2) is 5.96 Å². The minimum atomic E-state index is 0. The van der Waals surface area contributed by atoms with Crippen LogP contribution < -0.4 is 10.6 Å². The Bertz CT molecular complexity index is 656. The fraction of sp³-hybridized carbons (Fsp3) is 0.444. The second-order valence-corrected chi connectivity index (χ2v) is 7.91. The molecule has 6 heteroatoms. The summed E-state index contributed by atoms with van der Waals surface area (Å²) in [4.78, 5) is 9.82. The van der Waals surface area contributed by atoms with Crippen molar-refractivity contribution in [2.45, 2.75) is 46.2 Å². The summed E-state index contributed by atoms with van der Waals surface area (Å²) >= 11 is 1.70. The highest BCUT2D eigenvalue weighted by Crippen LogP contribution is 2.22. The molecule has 1 aromatic heterocycles. The average Bonchev–Trinajstić information content (AvgIpc) is 2.92. The first-order valence-corrected chi connectivity index (χ1v) is 8.65. The van der Waals surface area contributed by atoms with E-state index in [1.165, 1.54) is 16.0 Å². The second kappa shape index (κ2) is 9.36. The molecule has 0 amide bonds. The minimum absolute atomic E-state index is 0. The molecule has 0 aliphatic carbocycles. The summed E-state index contributed by atoms with van der Waals surface area (Å²) in [6, 6.07) is 8.74. The number of hydrogen-bond acceptors (Lipinski definition) is 3. The third-order valence-electron chi connectivity index (χ3n) is 3.58. The summed E-state index contributed by atoms with van der Waals surface area (Å²) in [5.74, 6) is 0.790. The lowest BCUT2D eigenvalue weighted by atomic mass is 9.87. The van der Waals surface area contributed by atoms with Crippen molar-refractivity contribution in [3.8, 4) is 0 Å². The van der Waals surface area contributed by atoms with Gasteiger partial charge in [0.2, 0.25) is 0 Å². The predicted octanol–water partition coefficient (Wildman–Crippen LogP) is 4.23. The van der Waals surface area contributed by atoms with Crippen LogP contribution in [0, 0.1) is 6.92 Å². The molecule has 2 aromatic rings. The Hall–Kier alpha value is -1.15. The molecule has 0 aliphatic rings. The number of thiazole rings is 1. The van der Waals surface area contributed by atoms with Gasteiger partial charge in [-0.05, 0) is 23.5 Å². The van der Waals surface area contributed by atoms with E-state index >= 15 is 0 Å². The van der Waals surface area contributed by atoms with E-state index in [9.17, 15) is 0 Å². The Morgan fingerprint density at radius 3 is 2.25 bits per heavy atom. The Morgan fingerprint density at radius 2 is 1.75 bits per heavy atom. The summed E-state index contributed by atoms with van der Waals surface area (Å²) in [6.45, 7) is 10.2. The number of guanidine groups is 1. The Kier molecular flexibility index (Phi) is 8.15. The van der Waals surface area contributed by atoms with Crippen LogP contribution in [0.3, 0.4) is 0 Å². The molecule has 0 saturated carbocycles. The molecule has 2 N–H and O–H groups in total. The molecule has 2 rings (SSSR count). The van der Waals surface area contributed by atoms with Gasteiger partial charge in [-0.1, -0.05) is 45.0 Å². The highest BCUT2D eigenvalue weighted by atomic mass is 127. The highest BCUT2D eigenvalue weighted by Gasteiger charge is 2.12. The molecule has 0 radical (unpaired) electrons. The maximum atomic E-state index is 4.35. The van der Waals surface area contributed by atoms with Crippen LogP contribution in [-0.2, 0) is 18.5 Å². The van der Waals surface area contributed by atoms with Crippen LogP contribution in [0.15, 0.2) is 35.5 Å². The van der Waals surface area contributed by atoms with Crippen LogP contribution in [-0.4, -0.2) is 18.0 Å². The molecule has 0 aliphatic heterocycles. The van der Waals surface area contributed by atoms with Crippen LogP contribution in [0.25, 0.3) is 0 Å². The average molecular weight is 458 g/mol. The fourth-order valence-corrected chi connectivity index (χ4v) is 2.90. The molecule has 0 atom stereocenters. The van der Waals surface area contributed by atoms with Crippen molar-refractivity contribution in [2.75, 3.05) is 7.05 Å². The first kappa shape index (κ1) is 20.9. The predicted molar refractivity (Wildman–Crippen MR) is 114 cm³/mol. The van der Waals surface area contributed by atoms with E-state index in [1.807, 2.05) is 6.20 Å². The molecule has 1 heterocycles. The maximum Gasteiger partial charge on any atom is 0.191 e. The van der Waals surface area contributed by atoms with Crippen molar-refractivity contribution in [1.82, 2.24) is 15.6 Å². The summed E-state index contributed by atoms with van der Waals surface area (Å²) in [5.41, 5.74) is 2.78. The summed E-state index contributed by atoms with van der Waals surface area (Å²) in [7, 11) is 1.78. The standard InChI is InChI=1S/C18H26N4S.HI/c1-13-10-20-16(23-13)12-22-17(19-5)21-11-14-6-8-15(9-7-14)18(2,3)4;/h6-10H,11-12H2,1-5H3,(H2,19,21,22);1H. The van der Waals surface area contributed by atoms with Crippen molar-refractivity contribution in [3.05, 3.63) is 51.5 Å². The number of aliphatic imine (C=N–C) groups is 1. The Labute approximate surface area is 166 Å².